The van der Waals surface area contributed by atoms with Crippen molar-refractivity contribution in [1.29, 1.82) is 0 Å². The molecule has 0 aliphatic heterocycles. The predicted molar refractivity (Wildman–Crippen MR) is 78.9 cm³/mol. The first-order chi connectivity index (χ1) is 9.54. The number of ether oxygens (including phenoxy) is 2. The van der Waals surface area contributed by atoms with E-state index in [9.17, 15) is 4.79 Å². The fourth-order valence-electron chi connectivity index (χ4n) is 1.59. The van der Waals surface area contributed by atoms with Crippen LogP contribution in [0.1, 0.15) is 20.3 Å². The number of nitrogens with two attached hydrogens (primary N) is 1. The van der Waals surface area contributed by atoms with Crippen molar-refractivity contribution >= 4 is 5.91 Å². The normalized spacial score (nSPS) is 12.1. The van der Waals surface area contributed by atoms with Crippen molar-refractivity contribution in [3.05, 3.63) is 24.3 Å². The number of hydrogen-bond acceptors (Lipinski definition) is 4. The third kappa shape index (κ3) is 5.48. The van der Waals surface area contributed by atoms with E-state index in [0.717, 1.165) is 17.9 Å². The van der Waals surface area contributed by atoms with Crippen LogP contribution in [0.4, 0.5) is 0 Å². The Balaban J connectivity index is 2.20. The van der Waals surface area contributed by atoms with Crippen LogP contribution in [0, 0.1) is 5.92 Å². The molecule has 1 amide bonds. The molecule has 3 N–H and O–H groups in total. The molecular weight excluding hydrogens is 256 g/mol. The topological polar surface area (TPSA) is 73.6 Å². The molecule has 0 unspecified atom stereocenters. The Kier molecular flexibility index (Phi) is 6.87. The Morgan fingerprint density at radius 3 is 2.70 bits per heavy atom. The van der Waals surface area contributed by atoms with Gasteiger partial charge in [0, 0.05) is 12.6 Å². The van der Waals surface area contributed by atoms with Crippen LogP contribution in [0.3, 0.4) is 0 Å². The van der Waals surface area contributed by atoms with E-state index < -0.39 is 6.04 Å². The highest BCUT2D eigenvalue weighted by Gasteiger charge is 2.15. The molecule has 1 atom stereocenters. The third-order valence-corrected chi connectivity index (χ3v) is 2.95. The van der Waals surface area contributed by atoms with E-state index in [4.69, 9.17) is 15.2 Å². The summed E-state index contributed by atoms with van der Waals surface area (Å²) in [5.74, 6) is 1.55. The Hall–Kier alpha value is -1.75. The largest absolute Gasteiger partial charge is 0.497 e. The Bertz CT molecular complexity index is 421. The second-order valence-corrected chi connectivity index (χ2v) is 4.94. The lowest BCUT2D eigenvalue weighted by atomic mass is 10.1. The molecular formula is C15H24N2O3. The molecule has 0 aromatic heterocycles. The van der Waals surface area contributed by atoms with Crippen molar-refractivity contribution in [2.75, 3.05) is 20.3 Å². The van der Waals surface area contributed by atoms with Gasteiger partial charge in [-0.05, 0) is 24.5 Å². The standard InChI is InChI=1S/C15H24N2O3/c1-11(2)14(16)15(18)17-8-5-9-20-13-7-4-6-12(10-13)19-3/h4,6-7,10-11,14H,5,8-9,16H2,1-3H3,(H,17,18)/t14-/m0/s1. The van der Waals surface area contributed by atoms with E-state index in [1.54, 1.807) is 7.11 Å². The van der Waals surface area contributed by atoms with Crippen LogP contribution in [0.2, 0.25) is 0 Å². The van der Waals surface area contributed by atoms with Gasteiger partial charge in [-0.15, -0.1) is 0 Å². The Labute approximate surface area is 120 Å². The first-order valence-electron chi connectivity index (χ1n) is 6.84. The van der Waals surface area contributed by atoms with E-state index >= 15 is 0 Å². The summed E-state index contributed by atoms with van der Waals surface area (Å²) in [6.07, 6.45) is 0.730. The lowest BCUT2D eigenvalue weighted by Gasteiger charge is -2.15. The molecule has 0 aliphatic carbocycles. The van der Waals surface area contributed by atoms with Gasteiger partial charge in [0.15, 0.2) is 0 Å². The minimum atomic E-state index is -0.450. The van der Waals surface area contributed by atoms with Crippen LogP contribution in [-0.2, 0) is 4.79 Å². The van der Waals surface area contributed by atoms with Gasteiger partial charge in [-0.1, -0.05) is 19.9 Å². The summed E-state index contributed by atoms with van der Waals surface area (Å²) in [7, 11) is 1.62. The second kappa shape index (κ2) is 8.43. The average Bonchev–Trinajstić information content (AvgIpc) is 2.45. The van der Waals surface area contributed by atoms with E-state index in [-0.39, 0.29) is 11.8 Å². The highest BCUT2D eigenvalue weighted by molar-refractivity contribution is 5.81. The van der Waals surface area contributed by atoms with Gasteiger partial charge >= 0.3 is 0 Å². The molecule has 0 bridgehead atoms. The number of amides is 1. The van der Waals surface area contributed by atoms with Gasteiger partial charge in [-0.2, -0.15) is 0 Å². The molecule has 20 heavy (non-hydrogen) atoms. The van der Waals surface area contributed by atoms with E-state index in [1.807, 2.05) is 38.1 Å². The Morgan fingerprint density at radius 2 is 2.05 bits per heavy atom. The van der Waals surface area contributed by atoms with Crippen molar-refractivity contribution in [3.63, 3.8) is 0 Å². The molecule has 0 heterocycles. The molecule has 0 aliphatic rings. The van der Waals surface area contributed by atoms with Gasteiger partial charge in [0.2, 0.25) is 5.91 Å². The van der Waals surface area contributed by atoms with Gasteiger partial charge in [0.1, 0.15) is 11.5 Å². The summed E-state index contributed by atoms with van der Waals surface area (Å²) in [6, 6.07) is 6.98. The van der Waals surface area contributed by atoms with Gasteiger partial charge in [-0.3, -0.25) is 4.79 Å². The van der Waals surface area contributed by atoms with Crippen LogP contribution in [0.25, 0.3) is 0 Å². The monoisotopic (exact) mass is 280 g/mol. The van der Waals surface area contributed by atoms with Gasteiger partial charge in [0.05, 0.1) is 19.8 Å². The summed E-state index contributed by atoms with van der Waals surface area (Å²) in [5, 5.41) is 2.80. The van der Waals surface area contributed by atoms with E-state index in [0.29, 0.717) is 13.2 Å². The molecule has 0 saturated heterocycles. The number of carbonyl (C=O) groups excluding carboxylic acids is 1. The van der Waals surface area contributed by atoms with Gasteiger partial charge in [0.25, 0.3) is 0 Å². The fraction of sp³-hybridized carbons (Fsp3) is 0.533. The maximum absolute atomic E-state index is 11.6. The average molecular weight is 280 g/mol. The number of nitrogens with one attached hydrogen (secondary N) is 1. The molecule has 5 nitrogen and oxygen atoms in total. The van der Waals surface area contributed by atoms with Crippen molar-refractivity contribution in [2.24, 2.45) is 11.7 Å². The van der Waals surface area contributed by atoms with Crippen molar-refractivity contribution < 1.29 is 14.3 Å². The van der Waals surface area contributed by atoms with Gasteiger partial charge < -0.3 is 20.5 Å². The summed E-state index contributed by atoms with van der Waals surface area (Å²) >= 11 is 0. The van der Waals surface area contributed by atoms with E-state index in [2.05, 4.69) is 5.32 Å². The zero-order valence-electron chi connectivity index (χ0n) is 12.4. The van der Waals surface area contributed by atoms with Crippen molar-refractivity contribution in [3.8, 4) is 11.5 Å². The second-order valence-electron chi connectivity index (χ2n) is 4.94. The SMILES string of the molecule is COc1cccc(OCCCNC(=O)[C@@H](N)C(C)C)c1. The quantitative estimate of drug-likeness (QED) is 0.709. The molecule has 1 aromatic rings. The minimum absolute atomic E-state index is 0.110. The van der Waals surface area contributed by atoms with Crippen LogP contribution in [0.15, 0.2) is 24.3 Å². The predicted octanol–water partition coefficient (Wildman–Crippen LogP) is 1.56. The zero-order chi connectivity index (χ0) is 15.0. The number of methoxy groups -OCH3 is 1. The molecule has 0 radical (unpaired) electrons. The van der Waals surface area contributed by atoms with Crippen LogP contribution < -0.4 is 20.5 Å². The van der Waals surface area contributed by atoms with Gasteiger partial charge in [-0.25, -0.2) is 0 Å². The van der Waals surface area contributed by atoms with Crippen LogP contribution in [-0.4, -0.2) is 32.2 Å². The number of rotatable bonds is 8. The number of carbonyl (C=O) groups is 1. The summed E-state index contributed by atoms with van der Waals surface area (Å²) in [5.41, 5.74) is 5.74. The third-order valence-electron chi connectivity index (χ3n) is 2.95. The smallest absolute Gasteiger partial charge is 0.237 e. The molecule has 0 spiro atoms. The maximum Gasteiger partial charge on any atom is 0.237 e. The molecule has 5 heteroatoms. The van der Waals surface area contributed by atoms with Crippen LogP contribution >= 0.6 is 0 Å². The molecule has 0 fully saturated rings. The molecule has 1 rings (SSSR count). The number of benzene rings is 1. The molecule has 1 aromatic carbocycles. The molecule has 0 saturated carbocycles. The summed E-state index contributed by atoms with van der Waals surface area (Å²) < 4.78 is 10.7. The lowest BCUT2D eigenvalue weighted by molar-refractivity contribution is -0.123. The van der Waals surface area contributed by atoms with Crippen molar-refractivity contribution in [1.82, 2.24) is 5.32 Å². The fourth-order valence-corrected chi connectivity index (χ4v) is 1.59. The molecule has 112 valence electrons. The van der Waals surface area contributed by atoms with Crippen molar-refractivity contribution in [2.45, 2.75) is 26.3 Å². The number of hydrogen-bond donors (Lipinski definition) is 2. The minimum Gasteiger partial charge on any atom is -0.497 e. The zero-order valence-corrected chi connectivity index (χ0v) is 12.4. The maximum atomic E-state index is 11.6. The summed E-state index contributed by atoms with van der Waals surface area (Å²) in [6.45, 7) is 4.94. The van der Waals surface area contributed by atoms with E-state index in [1.165, 1.54) is 0 Å². The highest BCUT2D eigenvalue weighted by Crippen LogP contribution is 2.18. The first kappa shape index (κ1) is 16.3. The Morgan fingerprint density at radius 1 is 1.35 bits per heavy atom. The van der Waals surface area contributed by atoms with Crippen LogP contribution in [0.5, 0.6) is 11.5 Å². The lowest BCUT2D eigenvalue weighted by Crippen LogP contribution is -2.44. The highest BCUT2D eigenvalue weighted by atomic mass is 16.5. The summed E-state index contributed by atoms with van der Waals surface area (Å²) in [4.78, 5) is 11.6. The first-order valence-corrected chi connectivity index (χ1v) is 6.84.